The molecule has 2 aliphatic carbocycles. The number of rotatable bonds is 6. The number of allylic oxidation sites excluding steroid dienone is 4. The zero-order valence-electron chi connectivity index (χ0n) is 38.2. The van der Waals surface area contributed by atoms with Gasteiger partial charge in [-0.05, 0) is 146 Å². The predicted octanol–water partition coefficient (Wildman–Crippen LogP) is 17.6. The SMILES string of the molecule is C1=CC2c3cccc4nc(-c5ccc6cc(-c7ccc8c(c7)c7cc(-c9ccc%10c(c9)c9ccccc9n%10-c9ccccc9)ccc7n8-c7cccc(-c8ccccc8)c7)ccc6c5)cc(c34)C2C=C1. The Bertz CT molecular complexity index is 4360. The Morgan fingerprint density at radius 1 is 0.314 bits per heavy atom. The molecule has 0 saturated carbocycles. The van der Waals surface area contributed by atoms with E-state index in [1.807, 2.05) is 0 Å². The molecule has 2 aliphatic rings. The fraction of sp³-hybridized carbons (Fsp3) is 0.0299. The van der Waals surface area contributed by atoms with E-state index in [9.17, 15) is 0 Å². The van der Waals surface area contributed by atoms with Crippen molar-refractivity contribution in [3.8, 4) is 56.0 Å². The van der Waals surface area contributed by atoms with E-state index in [0.717, 1.165) is 28.1 Å². The normalized spacial score (nSPS) is 15.0. The van der Waals surface area contributed by atoms with Crippen LogP contribution in [-0.2, 0) is 0 Å². The summed E-state index contributed by atoms with van der Waals surface area (Å²) in [6.45, 7) is 0. The molecule has 0 N–H and O–H groups in total. The average molecular weight is 890 g/mol. The van der Waals surface area contributed by atoms with Crippen molar-refractivity contribution in [1.82, 2.24) is 14.1 Å². The summed E-state index contributed by atoms with van der Waals surface area (Å²) in [5.74, 6) is 0.742. The summed E-state index contributed by atoms with van der Waals surface area (Å²) in [4.78, 5) is 5.25. The summed E-state index contributed by atoms with van der Waals surface area (Å²) in [6.07, 6.45) is 9.08. The van der Waals surface area contributed by atoms with E-state index < -0.39 is 0 Å². The molecule has 2 unspecified atom stereocenters. The largest absolute Gasteiger partial charge is 0.309 e. The topological polar surface area (TPSA) is 22.8 Å². The fourth-order valence-electron chi connectivity index (χ4n) is 11.9. The van der Waals surface area contributed by atoms with Crippen LogP contribution in [0.5, 0.6) is 0 Å². The van der Waals surface area contributed by atoms with Crippen LogP contribution in [0.4, 0.5) is 0 Å². The number of hydrogen-bond acceptors (Lipinski definition) is 1. The van der Waals surface area contributed by atoms with Crippen LogP contribution in [0.3, 0.4) is 0 Å². The highest BCUT2D eigenvalue weighted by Gasteiger charge is 2.33. The number of fused-ring (bicyclic) bond motifs is 10. The molecule has 0 bridgehead atoms. The molecule has 10 aromatic carbocycles. The lowest BCUT2D eigenvalue weighted by Gasteiger charge is -2.17. The summed E-state index contributed by atoms with van der Waals surface area (Å²) in [5, 5.41) is 8.68. The first kappa shape index (κ1) is 39.0. The zero-order valence-corrected chi connectivity index (χ0v) is 38.2. The first-order valence-corrected chi connectivity index (χ1v) is 24.3. The molecule has 3 nitrogen and oxygen atoms in total. The van der Waals surface area contributed by atoms with Crippen LogP contribution in [0.2, 0.25) is 0 Å². The number of benzene rings is 10. The van der Waals surface area contributed by atoms with E-state index in [0.29, 0.717) is 11.8 Å². The van der Waals surface area contributed by atoms with Crippen LogP contribution in [0.15, 0.2) is 249 Å². The van der Waals surface area contributed by atoms with Gasteiger partial charge in [0, 0.05) is 55.7 Å². The highest BCUT2D eigenvalue weighted by Crippen LogP contribution is 2.50. The van der Waals surface area contributed by atoms with Crippen LogP contribution in [0.1, 0.15) is 23.0 Å². The molecular formula is C67H43N3. The summed E-state index contributed by atoms with van der Waals surface area (Å²) < 4.78 is 4.83. The van der Waals surface area contributed by atoms with E-state index in [4.69, 9.17) is 4.98 Å². The number of hydrogen-bond donors (Lipinski definition) is 0. The van der Waals surface area contributed by atoms with E-state index in [-0.39, 0.29) is 0 Å². The van der Waals surface area contributed by atoms with Gasteiger partial charge in [-0.3, -0.25) is 0 Å². The lowest BCUT2D eigenvalue weighted by molar-refractivity contribution is 0.768. The minimum Gasteiger partial charge on any atom is -0.309 e. The third-order valence-corrected chi connectivity index (χ3v) is 15.2. The second-order valence-electron chi connectivity index (χ2n) is 19.1. The molecule has 0 radical (unpaired) electrons. The zero-order chi connectivity index (χ0) is 45.9. The molecular weight excluding hydrogens is 847 g/mol. The van der Waals surface area contributed by atoms with E-state index >= 15 is 0 Å². The summed E-state index contributed by atoms with van der Waals surface area (Å²) >= 11 is 0. The molecule has 3 aromatic heterocycles. The van der Waals surface area contributed by atoms with Crippen molar-refractivity contribution >= 4 is 65.3 Å². The van der Waals surface area contributed by atoms with Crippen LogP contribution in [0.25, 0.3) is 121 Å². The van der Waals surface area contributed by atoms with Gasteiger partial charge in [0.1, 0.15) is 0 Å². The molecule has 0 amide bonds. The molecule has 326 valence electrons. The van der Waals surface area contributed by atoms with Gasteiger partial charge < -0.3 is 9.13 Å². The smallest absolute Gasteiger partial charge is 0.0715 e. The standard InChI is InChI=1S/C67H43N3/c1-3-13-42(14-4-1)43-15-11-18-52(37-43)70-65-33-29-47(45-25-26-46-36-50(28-27-44(46)35-45)62-41-60-54-20-8-7-19-53(54)56-22-12-23-61(68-62)67(56)60)39-58(65)59-40-49(31-34-66(59)70)48-30-32-64-57(38-48)55-21-9-10-24-63(55)69(64)51-16-5-2-6-17-51/h1-41,53-54H. The van der Waals surface area contributed by atoms with Crippen LogP contribution in [0, 0.1) is 0 Å². The second-order valence-corrected chi connectivity index (χ2v) is 19.1. The minimum atomic E-state index is 0.357. The van der Waals surface area contributed by atoms with Crippen molar-refractivity contribution in [2.24, 2.45) is 0 Å². The Morgan fingerprint density at radius 3 is 1.53 bits per heavy atom. The molecule has 15 rings (SSSR count). The maximum Gasteiger partial charge on any atom is 0.0715 e. The van der Waals surface area contributed by atoms with Gasteiger partial charge in [0.05, 0.1) is 33.3 Å². The first-order chi connectivity index (χ1) is 34.7. The highest BCUT2D eigenvalue weighted by molar-refractivity contribution is 6.13. The molecule has 13 aromatic rings. The molecule has 70 heavy (non-hydrogen) atoms. The Morgan fingerprint density at radius 2 is 0.814 bits per heavy atom. The van der Waals surface area contributed by atoms with E-state index in [1.54, 1.807) is 0 Å². The van der Waals surface area contributed by atoms with Gasteiger partial charge in [-0.1, -0.05) is 158 Å². The van der Waals surface area contributed by atoms with Gasteiger partial charge in [-0.2, -0.15) is 0 Å². The number of para-hydroxylation sites is 2. The van der Waals surface area contributed by atoms with E-state index in [2.05, 4.69) is 258 Å². The quantitative estimate of drug-likeness (QED) is 0.163. The Labute approximate surface area is 405 Å². The van der Waals surface area contributed by atoms with Crippen LogP contribution >= 0.6 is 0 Å². The number of nitrogens with zero attached hydrogens (tertiary/aromatic N) is 3. The van der Waals surface area contributed by atoms with Crippen molar-refractivity contribution in [2.75, 3.05) is 0 Å². The number of pyridine rings is 1. The third-order valence-electron chi connectivity index (χ3n) is 15.2. The van der Waals surface area contributed by atoms with Gasteiger partial charge in [0.25, 0.3) is 0 Å². The molecule has 0 saturated heterocycles. The predicted molar refractivity (Wildman–Crippen MR) is 293 cm³/mol. The average Bonchev–Trinajstić information content (AvgIpc) is 4.06. The maximum absolute atomic E-state index is 5.25. The summed E-state index contributed by atoms with van der Waals surface area (Å²) in [7, 11) is 0. The molecule has 3 heterocycles. The van der Waals surface area contributed by atoms with Gasteiger partial charge in [0.2, 0.25) is 0 Å². The molecule has 0 aliphatic heterocycles. The fourth-order valence-corrected chi connectivity index (χ4v) is 11.9. The minimum absolute atomic E-state index is 0.357. The van der Waals surface area contributed by atoms with E-state index in [1.165, 1.54) is 104 Å². The second kappa shape index (κ2) is 15.2. The Balaban J connectivity index is 0.859. The lowest BCUT2D eigenvalue weighted by Crippen LogP contribution is -2.02. The van der Waals surface area contributed by atoms with Crippen LogP contribution < -0.4 is 0 Å². The van der Waals surface area contributed by atoms with Gasteiger partial charge in [-0.15, -0.1) is 0 Å². The van der Waals surface area contributed by atoms with Gasteiger partial charge in [0.15, 0.2) is 0 Å². The van der Waals surface area contributed by atoms with Crippen molar-refractivity contribution in [1.29, 1.82) is 0 Å². The lowest BCUT2D eigenvalue weighted by atomic mass is 9.86. The summed E-state index contributed by atoms with van der Waals surface area (Å²) in [5.41, 5.74) is 20.3. The molecule has 2 atom stereocenters. The Hall–Kier alpha value is -9.05. The highest BCUT2D eigenvalue weighted by atomic mass is 15.0. The summed E-state index contributed by atoms with van der Waals surface area (Å²) in [6, 6.07) is 82.8. The van der Waals surface area contributed by atoms with Crippen molar-refractivity contribution < 1.29 is 0 Å². The molecule has 0 fully saturated rings. The monoisotopic (exact) mass is 889 g/mol. The molecule has 0 spiro atoms. The van der Waals surface area contributed by atoms with Crippen LogP contribution in [-0.4, -0.2) is 14.1 Å². The number of aromatic nitrogens is 3. The van der Waals surface area contributed by atoms with Crippen molar-refractivity contribution in [2.45, 2.75) is 11.8 Å². The van der Waals surface area contributed by atoms with Crippen molar-refractivity contribution in [3.05, 3.63) is 260 Å². The molecule has 3 heteroatoms. The van der Waals surface area contributed by atoms with Crippen molar-refractivity contribution in [3.63, 3.8) is 0 Å². The Kier molecular flexibility index (Phi) is 8.49. The maximum atomic E-state index is 5.25. The van der Waals surface area contributed by atoms with Gasteiger partial charge in [-0.25, -0.2) is 4.98 Å². The first-order valence-electron chi connectivity index (χ1n) is 24.3. The third kappa shape index (κ3) is 5.98. The van der Waals surface area contributed by atoms with Gasteiger partial charge >= 0.3 is 0 Å².